The molecule has 0 bridgehead atoms. The van der Waals surface area contributed by atoms with E-state index in [1.165, 1.54) is 5.56 Å². The Kier molecular flexibility index (Phi) is 6.44. The van der Waals surface area contributed by atoms with Crippen molar-refractivity contribution >= 4 is 12.1 Å². The molecule has 0 spiro atoms. The van der Waals surface area contributed by atoms with Crippen molar-refractivity contribution in [3.8, 4) is 0 Å². The molecular weight excluding hydrogens is 354 g/mol. The minimum absolute atomic E-state index is 0.00387. The van der Waals surface area contributed by atoms with Crippen LogP contribution in [0.3, 0.4) is 0 Å². The van der Waals surface area contributed by atoms with Crippen molar-refractivity contribution < 1.29 is 9.59 Å². The van der Waals surface area contributed by atoms with Crippen molar-refractivity contribution in [1.82, 2.24) is 25.3 Å². The molecule has 2 fully saturated rings. The maximum Gasteiger partial charge on any atom is 0.317 e. The highest BCUT2D eigenvalue weighted by Gasteiger charge is 2.44. The SMILES string of the molecule is CCC1(N2CCN(C(=O)NCc3ccc(C)cc3)CC2)CCN(C(=O)NC)C1. The maximum absolute atomic E-state index is 12.5. The van der Waals surface area contributed by atoms with Gasteiger partial charge in [0.15, 0.2) is 0 Å². The first-order valence-corrected chi connectivity index (χ1v) is 10.3. The van der Waals surface area contributed by atoms with Crippen molar-refractivity contribution in [1.29, 1.82) is 0 Å². The van der Waals surface area contributed by atoms with E-state index in [4.69, 9.17) is 0 Å². The van der Waals surface area contributed by atoms with Crippen LogP contribution < -0.4 is 10.6 Å². The molecule has 0 aromatic heterocycles. The lowest BCUT2D eigenvalue weighted by atomic mass is 9.92. The first-order chi connectivity index (χ1) is 13.5. The summed E-state index contributed by atoms with van der Waals surface area (Å²) in [5, 5.41) is 5.76. The number of benzene rings is 1. The van der Waals surface area contributed by atoms with Gasteiger partial charge in [0.2, 0.25) is 0 Å². The topological polar surface area (TPSA) is 67.9 Å². The van der Waals surface area contributed by atoms with Gasteiger partial charge in [-0.05, 0) is 25.3 Å². The van der Waals surface area contributed by atoms with Gasteiger partial charge < -0.3 is 20.4 Å². The van der Waals surface area contributed by atoms with Gasteiger partial charge >= 0.3 is 12.1 Å². The Bertz CT molecular complexity index is 685. The molecule has 0 radical (unpaired) electrons. The Morgan fingerprint density at radius 2 is 1.68 bits per heavy atom. The van der Waals surface area contributed by atoms with Gasteiger partial charge in [-0.3, -0.25) is 4.90 Å². The van der Waals surface area contributed by atoms with E-state index in [1.807, 2.05) is 9.80 Å². The van der Waals surface area contributed by atoms with Crippen LogP contribution in [-0.4, -0.2) is 78.6 Å². The number of rotatable bonds is 4. The molecule has 4 amide bonds. The zero-order chi connectivity index (χ0) is 20.1. The molecule has 0 aliphatic carbocycles. The average Bonchev–Trinajstić information content (AvgIpc) is 3.18. The second-order valence-corrected chi connectivity index (χ2v) is 7.92. The standard InChI is InChI=1S/C21H33N5O2/c1-4-21(9-10-25(16-21)19(27)22-3)26-13-11-24(12-14-26)20(28)23-15-18-7-5-17(2)6-8-18/h5-8H,4,9-16H2,1-3H3,(H,22,27)(H,23,28). The summed E-state index contributed by atoms with van der Waals surface area (Å²) in [6, 6.07) is 8.24. The predicted molar refractivity (Wildman–Crippen MR) is 110 cm³/mol. The lowest BCUT2D eigenvalue weighted by Crippen LogP contribution is -2.60. The highest BCUT2D eigenvalue weighted by molar-refractivity contribution is 5.74. The molecule has 7 heteroatoms. The minimum Gasteiger partial charge on any atom is -0.341 e. The summed E-state index contributed by atoms with van der Waals surface area (Å²) in [5.74, 6) is 0. The number of carbonyl (C=O) groups excluding carboxylic acids is 2. The van der Waals surface area contributed by atoms with Gasteiger partial charge in [0.1, 0.15) is 0 Å². The molecule has 1 atom stereocenters. The highest BCUT2D eigenvalue weighted by Crippen LogP contribution is 2.32. The van der Waals surface area contributed by atoms with E-state index in [1.54, 1.807) is 7.05 Å². The summed E-state index contributed by atoms with van der Waals surface area (Å²) in [4.78, 5) is 30.8. The largest absolute Gasteiger partial charge is 0.341 e. The summed E-state index contributed by atoms with van der Waals surface area (Å²) >= 11 is 0. The van der Waals surface area contributed by atoms with E-state index < -0.39 is 0 Å². The van der Waals surface area contributed by atoms with Crippen LogP contribution >= 0.6 is 0 Å². The van der Waals surface area contributed by atoms with Gasteiger partial charge in [0.25, 0.3) is 0 Å². The van der Waals surface area contributed by atoms with E-state index in [0.717, 1.165) is 57.7 Å². The fourth-order valence-electron chi connectivity index (χ4n) is 4.34. The van der Waals surface area contributed by atoms with Crippen LogP contribution in [0.5, 0.6) is 0 Å². The van der Waals surface area contributed by atoms with Crippen LogP contribution in [0.1, 0.15) is 30.9 Å². The maximum atomic E-state index is 12.5. The molecule has 2 heterocycles. The van der Waals surface area contributed by atoms with Crippen molar-refractivity contribution in [2.24, 2.45) is 0 Å². The summed E-state index contributed by atoms with van der Waals surface area (Å²) < 4.78 is 0. The number of piperazine rings is 1. The molecule has 3 rings (SSSR count). The van der Waals surface area contributed by atoms with Gasteiger partial charge in [-0.2, -0.15) is 0 Å². The number of likely N-dealkylation sites (tertiary alicyclic amines) is 1. The molecule has 2 N–H and O–H groups in total. The van der Waals surface area contributed by atoms with Gasteiger partial charge in [-0.1, -0.05) is 36.8 Å². The number of nitrogens with zero attached hydrogens (tertiary/aromatic N) is 3. The first kappa shape index (κ1) is 20.5. The van der Waals surface area contributed by atoms with Gasteiger partial charge in [0.05, 0.1) is 0 Å². The Morgan fingerprint density at radius 1 is 1.00 bits per heavy atom. The molecule has 1 unspecified atom stereocenters. The molecule has 0 saturated carbocycles. The van der Waals surface area contributed by atoms with E-state index in [-0.39, 0.29) is 17.6 Å². The molecule has 2 aliphatic heterocycles. The fraction of sp³-hybridized carbons (Fsp3) is 0.619. The summed E-state index contributed by atoms with van der Waals surface area (Å²) in [5.41, 5.74) is 2.37. The van der Waals surface area contributed by atoms with Crippen molar-refractivity contribution in [3.05, 3.63) is 35.4 Å². The lowest BCUT2D eigenvalue weighted by Gasteiger charge is -2.45. The Balaban J connectivity index is 1.50. The quantitative estimate of drug-likeness (QED) is 0.831. The van der Waals surface area contributed by atoms with Gasteiger partial charge in [-0.25, -0.2) is 9.59 Å². The van der Waals surface area contributed by atoms with Crippen molar-refractivity contribution in [3.63, 3.8) is 0 Å². The van der Waals surface area contributed by atoms with E-state index >= 15 is 0 Å². The predicted octanol–water partition coefficient (Wildman–Crippen LogP) is 2.02. The third-order valence-electron chi connectivity index (χ3n) is 6.29. The van der Waals surface area contributed by atoms with Crippen molar-refractivity contribution in [2.75, 3.05) is 46.3 Å². The third-order valence-corrected chi connectivity index (χ3v) is 6.29. The van der Waals surface area contributed by atoms with Gasteiger partial charge in [0, 0.05) is 58.4 Å². The molecule has 7 nitrogen and oxygen atoms in total. The number of nitrogens with one attached hydrogen (secondary N) is 2. The van der Waals surface area contributed by atoms with Crippen LogP contribution in [0.4, 0.5) is 9.59 Å². The average molecular weight is 388 g/mol. The highest BCUT2D eigenvalue weighted by atomic mass is 16.2. The van der Waals surface area contributed by atoms with Crippen molar-refractivity contribution in [2.45, 2.75) is 38.8 Å². The zero-order valence-electron chi connectivity index (χ0n) is 17.3. The lowest BCUT2D eigenvalue weighted by molar-refractivity contribution is 0.0457. The van der Waals surface area contributed by atoms with Gasteiger partial charge in [-0.15, -0.1) is 0 Å². The fourth-order valence-corrected chi connectivity index (χ4v) is 4.34. The van der Waals surface area contributed by atoms with Crippen LogP contribution in [0.2, 0.25) is 0 Å². The Hall–Kier alpha value is -2.28. The number of aryl methyl sites for hydroxylation is 1. The minimum atomic E-state index is 0.00387. The van der Waals surface area contributed by atoms with Crippen LogP contribution in [-0.2, 0) is 6.54 Å². The van der Waals surface area contributed by atoms with E-state index in [9.17, 15) is 9.59 Å². The molecule has 2 saturated heterocycles. The molecule has 154 valence electrons. The number of amides is 4. The first-order valence-electron chi connectivity index (χ1n) is 10.3. The van der Waals surface area contributed by atoms with E-state index in [0.29, 0.717) is 6.54 Å². The van der Waals surface area contributed by atoms with E-state index in [2.05, 4.69) is 53.6 Å². The second kappa shape index (κ2) is 8.82. The number of urea groups is 2. The molecular formula is C21H33N5O2. The third kappa shape index (κ3) is 4.41. The monoisotopic (exact) mass is 387 g/mol. The van der Waals surface area contributed by atoms with Crippen LogP contribution in [0, 0.1) is 6.92 Å². The Labute approximate surface area is 168 Å². The smallest absolute Gasteiger partial charge is 0.317 e. The number of hydrogen-bond acceptors (Lipinski definition) is 3. The Morgan fingerprint density at radius 3 is 2.29 bits per heavy atom. The summed E-state index contributed by atoms with van der Waals surface area (Å²) in [7, 11) is 1.68. The number of hydrogen-bond donors (Lipinski definition) is 2. The molecule has 1 aromatic carbocycles. The number of carbonyl (C=O) groups is 2. The summed E-state index contributed by atoms with van der Waals surface area (Å²) in [6.07, 6.45) is 2.01. The molecule has 1 aromatic rings. The second-order valence-electron chi connectivity index (χ2n) is 7.92. The molecule has 2 aliphatic rings. The normalized spacial score (nSPS) is 23.0. The van der Waals surface area contributed by atoms with Crippen LogP contribution in [0.15, 0.2) is 24.3 Å². The molecule has 28 heavy (non-hydrogen) atoms. The summed E-state index contributed by atoms with van der Waals surface area (Å²) in [6.45, 7) is 9.54. The zero-order valence-corrected chi connectivity index (χ0v) is 17.3. The van der Waals surface area contributed by atoms with Crippen LogP contribution in [0.25, 0.3) is 0 Å².